The monoisotopic (exact) mass is 258 g/mol. The Morgan fingerprint density at radius 3 is 2.79 bits per heavy atom. The Morgan fingerprint density at radius 1 is 1.32 bits per heavy atom. The zero-order chi connectivity index (χ0) is 13.6. The molecule has 1 amide bonds. The lowest BCUT2D eigenvalue weighted by Gasteiger charge is -2.27. The summed E-state index contributed by atoms with van der Waals surface area (Å²) in [5, 5.41) is 0. The lowest BCUT2D eigenvalue weighted by Crippen LogP contribution is -2.40. The van der Waals surface area contributed by atoms with Crippen LogP contribution in [0.3, 0.4) is 0 Å². The lowest BCUT2D eigenvalue weighted by molar-refractivity contribution is -0.123. The zero-order valence-electron chi connectivity index (χ0n) is 11.7. The topological polar surface area (TPSA) is 46.3 Å². The van der Waals surface area contributed by atoms with Gasteiger partial charge in [0, 0.05) is 23.3 Å². The quantitative estimate of drug-likeness (QED) is 0.787. The van der Waals surface area contributed by atoms with Crippen molar-refractivity contribution >= 4 is 17.3 Å². The van der Waals surface area contributed by atoms with Crippen LogP contribution in [0.1, 0.15) is 38.7 Å². The molecule has 1 aromatic carbocycles. The van der Waals surface area contributed by atoms with Crippen LogP contribution in [0.25, 0.3) is 0 Å². The number of rotatable bonds is 1. The first-order valence-electron chi connectivity index (χ1n) is 7.29. The first kappa shape index (κ1) is 12.5. The van der Waals surface area contributed by atoms with Gasteiger partial charge < -0.3 is 10.6 Å². The van der Waals surface area contributed by atoms with Gasteiger partial charge in [-0.15, -0.1) is 0 Å². The van der Waals surface area contributed by atoms with Crippen molar-refractivity contribution in [1.29, 1.82) is 0 Å². The largest absolute Gasteiger partial charge is 0.399 e. The lowest BCUT2D eigenvalue weighted by atomic mass is 9.96. The molecule has 1 aliphatic carbocycles. The molecule has 0 saturated heterocycles. The highest BCUT2D eigenvalue weighted by Crippen LogP contribution is 2.39. The molecule has 3 nitrogen and oxygen atoms in total. The second-order valence-corrected chi connectivity index (χ2v) is 6.16. The normalized spacial score (nSPS) is 29.6. The van der Waals surface area contributed by atoms with E-state index < -0.39 is 0 Å². The highest BCUT2D eigenvalue weighted by Gasteiger charge is 2.38. The Morgan fingerprint density at radius 2 is 2.11 bits per heavy atom. The van der Waals surface area contributed by atoms with Gasteiger partial charge in [-0.1, -0.05) is 13.3 Å². The minimum absolute atomic E-state index is 0.214. The molecular weight excluding hydrogens is 236 g/mol. The molecule has 19 heavy (non-hydrogen) atoms. The summed E-state index contributed by atoms with van der Waals surface area (Å²) in [4.78, 5) is 14.8. The smallest absolute Gasteiger partial charge is 0.230 e. The van der Waals surface area contributed by atoms with Gasteiger partial charge in [0.15, 0.2) is 0 Å². The number of carbonyl (C=O) groups is 1. The van der Waals surface area contributed by atoms with Crippen LogP contribution in [0.5, 0.6) is 0 Å². The van der Waals surface area contributed by atoms with E-state index in [4.69, 9.17) is 5.73 Å². The standard InChI is InChI=1S/C16H22N2O/c1-10-4-3-5-14(10)16(19)18-11(2)8-12-9-13(17)6-7-15(12)18/h6-7,9-11,14H,3-5,8,17H2,1-2H3. The van der Waals surface area contributed by atoms with Gasteiger partial charge in [0.05, 0.1) is 0 Å². The van der Waals surface area contributed by atoms with Crippen LogP contribution in [0.15, 0.2) is 18.2 Å². The average molecular weight is 258 g/mol. The van der Waals surface area contributed by atoms with E-state index in [9.17, 15) is 4.79 Å². The summed E-state index contributed by atoms with van der Waals surface area (Å²) in [6.45, 7) is 4.34. The minimum Gasteiger partial charge on any atom is -0.399 e. The van der Waals surface area contributed by atoms with E-state index in [1.165, 1.54) is 18.4 Å². The van der Waals surface area contributed by atoms with E-state index in [1.807, 2.05) is 23.1 Å². The maximum atomic E-state index is 12.8. The van der Waals surface area contributed by atoms with Crippen molar-refractivity contribution in [1.82, 2.24) is 0 Å². The molecule has 1 fully saturated rings. The minimum atomic E-state index is 0.214. The van der Waals surface area contributed by atoms with Crippen LogP contribution < -0.4 is 10.6 Å². The Kier molecular flexibility index (Phi) is 3.00. The summed E-state index contributed by atoms with van der Waals surface area (Å²) in [6, 6.07) is 6.18. The van der Waals surface area contributed by atoms with Crippen molar-refractivity contribution in [2.24, 2.45) is 11.8 Å². The molecular formula is C16H22N2O. The third kappa shape index (κ3) is 2.01. The summed E-state index contributed by atoms with van der Waals surface area (Å²) in [7, 11) is 0. The predicted molar refractivity (Wildman–Crippen MR) is 78.0 cm³/mol. The highest BCUT2D eigenvalue weighted by molar-refractivity contribution is 5.98. The van der Waals surface area contributed by atoms with Crippen molar-refractivity contribution in [3.8, 4) is 0 Å². The van der Waals surface area contributed by atoms with E-state index >= 15 is 0 Å². The van der Waals surface area contributed by atoms with E-state index in [-0.39, 0.29) is 12.0 Å². The Bertz CT molecular complexity index is 511. The fraction of sp³-hybridized carbons (Fsp3) is 0.562. The second kappa shape index (κ2) is 4.55. The molecule has 0 bridgehead atoms. The van der Waals surface area contributed by atoms with E-state index in [2.05, 4.69) is 13.8 Å². The number of anilines is 2. The van der Waals surface area contributed by atoms with Gasteiger partial charge in [0.25, 0.3) is 0 Å². The summed E-state index contributed by atoms with van der Waals surface area (Å²) in [6.07, 6.45) is 4.35. The van der Waals surface area contributed by atoms with Gasteiger partial charge in [0.1, 0.15) is 0 Å². The molecule has 0 spiro atoms. The highest BCUT2D eigenvalue weighted by atomic mass is 16.2. The second-order valence-electron chi connectivity index (χ2n) is 6.16. The van der Waals surface area contributed by atoms with Gasteiger partial charge in [-0.05, 0) is 55.9 Å². The van der Waals surface area contributed by atoms with Gasteiger partial charge in [-0.25, -0.2) is 0 Å². The van der Waals surface area contributed by atoms with Crippen LogP contribution in [-0.4, -0.2) is 11.9 Å². The number of nitrogens with zero attached hydrogens (tertiary/aromatic N) is 1. The van der Waals surface area contributed by atoms with Crippen molar-refractivity contribution < 1.29 is 4.79 Å². The fourth-order valence-electron chi connectivity index (χ4n) is 3.68. The molecule has 0 radical (unpaired) electrons. The number of hydrogen-bond acceptors (Lipinski definition) is 2. The van der Waals surface area contributed by atoms with Gasteiger partial charge in [-0.2, -0.15) is 0 Å². The first-order valence-corrected chi connectivity index (χ1v) is 7.29. The third-order valence-electron chi connectivity index (χ3n) is 4.74. The Hall–Kier alpha value is -1.51. The number of benzene rings is 1. The van der Waals surface area contributed by atoms with Gasteiger partial charge in [0.2, 0.25) is 5.91 Å². The molecule has 3 rings (SSSR count). The van der Waals surface area contributed by atoms with Crippen molar-refractivity contribution in [3.63, 3.8) is 0 Å². The van der Waals surface area contributed by atoms with Crippen LogP contribution in [0.4, 0.5) is 11.4 Å². The molecule has 1 aromatic rings. The fourth-order valence-corrected chi connectivity index (χ4v) is 3.68. The maximum absolute atomic E-state index is 12.8. The first-order chi connectivity index (χ1) is 9.08. The Labute approximate surface area is 114 Å². The third-order valence-corrected chi connectivity index (χ3v) is 4.74. The summed E-state index contributed by atoms with van der Waals surface area (Å²) >= 11 is 0. The number of hydrogen-bond donors (Lipinski definition) is 1. The molecule has 3 heteroatoms. The number of fused-ring (bicyclic) bond motifs is 1. The SMILES string of the molecule is CC1CCCC1C(=O)N1c2ccc(N)cc2CC1C. The average Bonchev–Trinajstić information content (AvgIpc) is 2.90. The molecule has 0 aromatic heterocycles. The molecule has 1 heterocycles. The summed E-state index contributed by atoms with van der Waals surface area (Å²) in [5.41, 5.74) is 8.91. The van der Waals surface area contributed by atoms with E-state index in [0.717, 1.165) is 24.2 Å². The molecule has 1 saturated carbocycles. The van der Waals surface area contributed by atoms with Crippen molar-refractivity contribution in [2.75, 3.05) is 10.6 Å². The van der Waals surface area contributed by atoms with Gasteiger partial charge in [-0.3, -0.25) is 4.79 Å². The van der Waals surface area contributed by atoms with E-state index in [0.29, 0.717) is 11.8 Å². The molecule has 102 valence electrons. The number of nitrogens with two attached hydrogens (primary N) is 1. The molecule has 3 atom stereocenters. The van der Waals surface area contributed by atoms with E-state index in [1.54, 1.807) is 0 Å². The van der Waals surface area contributed by atoms with Crippen LogP contribution in [0, 0.1) is 11.8 Å². The van der Waals surface area contributed by atoms with Crippen molar-refractivity contribution in [2.45, 2.75) is 45.6 Å². The Balaban J connectivity index is 1.91. The van der Waals surface area contributed by atoms with Gasteiger partial charge >= 0.3 is 0 Å². The molecule has 2 aliphatic rings. The maximum Gasteiger partial charge on any atom is 0.230 e. The molecule has 3 unspecified atom stereocenters. The summed E-state index contributed by atoms with van der Waals surface area (Å²) in [5.74, 6) is 1.06. The van der Waals surface area contributed by atoms with Crippen LogP contribution >= 0.6 is 0 Å². The predicted octanol–water partition coefficient (Wildman–Crippen LogP) is 2.98. The van der Waals surface area contributed by atoms with Crippen molar-refractivity contribution in [3.05, 3.63) is 23.8 Å². The molecule has 2 N–H and O–H groups in total. The number of nitrogen functional groups attached to an aromatic ring is 1. The number of amides is 1. The molecule has 1 aliphatic heterocycles. The van der Waals surface area contributed by atoms with Crippen LogP contribution in [0.2, 0.25) is 0 Å². The van der Waals surface area contributed by atoms with Crippen LogP contribution in [-0.2, 0) is 11.2 Å². The number of carbonyl (C=O) groups excluding carboxylic acids is 1. The summed E-state index contributed by atoms with van der Waals surface area (Å²) < 4.78 is 0. The zero-order valence-corrected chi connectivity index (χ0v) is 11.7.